The number of halogens is 3. The zero-order valence-corrected chi connectivity index (χ0v) is 20.3. The van der Waals surface area contributed by atoms with Crippen molar-refractivity contribution in [2.75, 3.05) is 12.4 Å². The van der Waals surface area contributed by atoms with Gasteiger partial charge in [0.15, 0.2) is 5.69 Å². The van der Waals surface area contributed by atoms with Crippen molar-refractivity contribution in [3.63, 3.8) is 0 Å². The highest BCUT2D eigenvalue weighted by Gasteiger charge is 2.31. The average molecular weight is 521 g/mol. The van der Waals surface area contributed by atoms with E-state index in [0.29, 0.717) is 11.4 Å². The first-order valence-electron chi connectivity index (χ1n) is 11.2. The Morgan fingerprint density at radius 2 is 1.89 bits per heavy atom. The molecule has 4 rings (SSSR count). The molecule has 194 valence electrons. The summed E-state index contributed by atoms with van der Waals surface area (Å²) in [5.41, 5.74) is 1.97. The van der Waals surface area contributed by atoms with Crippen LogP contribution in [0, 0.1) is 5.41 Å². The first-order chi connectivity index (χ1) is 18.1. The van der Waals surface area contributed by atoms with E-state index in [2.05, 4.69) is 20.1 Å². The number of hydrogen-bond acceptors (Lipinski definition) is 7. The minimum atomic E-state index is -4.86. The highest BCUT2D eigenvalue weighted by Crippen LogP contribution is 2.29. The van der Waals surface area contributed by atoms with Gasteiger partial charge in [-0.1, -0.05) is 18.2 Å². The third-order valence-electron chi connectivity index (χ3n) is 5.16. The zero-order chi connectivity index (χ0) is 27.3. The van der Waals surface area contributed by atoms with Crippen LogP contribution >= 0.6 is 0 Å². The molecule has 4 aromatic rings. The van der Waals surface area contributed by atoms with Crippen LogP contribution in [0.2, 0.25) is 0 Å². The van der Waals surface area contributed by atoms with Crippen molar-refractivity contribution < 1.29 is 22.6 Å². The third kappa shape index (κ3) is 6.44. The van der Waals surface area contributed by atoms with Crippen LogP contribution < -0.4 is 20.2 Å². The molecule has 8 nitrogen and oxygen atoms in total. The number of pyridine rings is 1. The molecule has 0 aliphatic carbocycles. The fraction of sp³-hybridized carbons (Fsp3) is 0.111. The molecule has 0 amide bonds. The lowest BCUT2D eigenvalue weighted by molar-refractivity contribution is -0.274. The maximum absolute atomic E-state index is 12.8. The minimum absolute atomic E-state index is 0.0582. The lowest BCUT2D eigenvalue weighted by atomic mass is 10.1. The second-order valence-corrected chi connectivity index (χ2v) is 8.02. The van der Waals surface area contributed by atoms with Gasteiger partial charge in [0.25, 0.3) is 0 Å². The molecule has 2 heterocycles. The van der Waals surface area contributed by atoms with Gasteiger partial charge in [-0.2, -0.15) is 5.10 Å². The van der Waals surface area contributed by atoms with E-state index < -0.39 is 17.5 Å². The van der Waals surface area contributed by atoms with Crippen LogP contribution in [0.25, 0.3) is 22.6 Å². The van der Waals surface area contributed by atoms with Gasteiger partial charge in [-0.05, 0) is 49.4 Å². The summed E-state index contributed by atoms with van der Waals surface area (Å²) in [6.07, 6.45) is -0.352. The maximum atomic E-state index is 12.8. The molecule has 0 unspecified atom stereocenters. The number of allylic oxidation sites excluding steroid dienone is 1. The van der Waals surface area contributed by atoms with Gasteiger partial charge < -0.3 is 20.2 Å². The number of benzene rings is 2. The molecule has 2 aromatic carbocycles. The molecule has 0 aliphatic rings. The molecule has 2 aromatic heterocycles. The number of rotatable bonds is 8. The van der Waals surface area contributed by atoms with E-state index in [-0.39, 0.29) is 22.8 Å². The number of nitrogens with one attached hydrogen (secondary N) is 2. The van der Waals surface area contributed by atoms with E-state index in [1.165, 1.54) is 49.2 Å². The number of methoxy groups -OCH3 is 1. The quantitative estimate of drug-likeness (QED) is 0.289. The van der Waals surface area contributed by atoms with Crippen molar-refractivity contribution in [1.29, 1.82) is 5.41 Å². The molecule has 38 heavy (non-hydrogen) atoms. The van der Waals surface area contributed by atoms with Crippen LogP contribution in [0.1, 0.15) is 12.6 Å². The normalized spacial score (nSPS) is 11.7. The Labute approximate surface area is 215 Å². The lowest BCUT2D eigenvalue weighted by Crippen LogP contribution is -2.19. The van der Waals surface area contributed by atoms with Crippen molar-refractivity contribution in [3.8, 4) is 28.4 Å². The van der Waals surface area contributed by atoms with Crippen molar-refractivity contribution in [2.24, 2.45) is 0 Å². The molecular formula is C27H22F3N5O3. The number of ether oxygens (including phenoxy) is 2. The molecule has 0 spiro atoms. The number of alkyl halides is 3. The molecule has 11 heteroatoms. The van der Waals surface area contributed by atoms with E-state index in [1.807, 2.05) is 24.3 Å². The summed E-state index contributed by atoms with van der Waals surface area (Å²) < 4.78 is 49.0. The van der Waals surface area contributed by atoms with Crippen molar-refractivity contribution in [2.45, 2.75) is 13.3 Å². The van der Waals surface area contributed by atoms with Gasteiger partial charge in [0.1, 0.15) is 17.2 Å². The monoisotopic (exact) mass is 521 g/mol. The summed E-state index contributed by atoms with van der Waals surface area (Å²) in [5.74, 6) is 0.0264. The van der Waals surface area contributed by atoms with Crippen LogP contribution in [0.4, 0.5) is 18.9 Å². The van der Waals surface area contributed by atoms with Gasteiger partial charge in [-0.25, -0.2) is 4.68 Å². The Bertz CT molecular complexity index is 1550. The summed E-state index contributed by atoms with van der Waals surface area (Å²) in [6.45, 7) is 1.49. The Kier molecular flexibility index (Phi) is 7.56. The van der Waals surface area contributed by atoms with E-state index in [0.717, 1.165) is 23.4 Å². The molecule has 0 bridgehead atoms. The van der Waals surface area contributed by atoms with Gasteiger partial charge in [0, 0.05) is 41.5 Å². The van der Waals surface area contributed by atoms with Gasteiger partial charge in [0.05, 0.1) is 18.5 Å². The smallest absolute Gasteiger partial charge is 0.494 e. The summed E-state index contributed by atoms with van der Waals surface area (Å²) >= 11 is 0. The van der Waals surface area contributed by atoms with Crippen molar-refractivity contribution >= 4 is 17.1 Å². The van der Waals surface area contributed by atoms with E-state index in [4.69, 9.17) is 10.1 Å². The van der Waals surface area contributed by atoms with Gasteiger partial charge in [0.2, 0.25) is 5.43 Å². The van der Waals surface area contributed by atoms with Crippen molar-refractivity contribution in [3.05, 3.63) is 101 Å². The highest BCUT2D eigenvalue weighted by molar-refractivity contribution is 5.98. The first kappa shape index (κ1) is 26.1. The zero-order valence-electron chi connectivity index (χ0n) is 20.3. The average Bonchev–Trinajstić information content (AvgIpc) is 2.88. The number of hydrogen-bond donors (Lipinski definition) is 2. The molecule has 0 saturated carbocycles. The van der Waals surface area contributed by atoms with Crippen molar-refractivity contribution in [1.82, 2.24) is 14.8 Å². The van der Waals surface area contributed by atoms with E-state index in [1.54, 1.807) is 18.3 Å². The molecule has 0 saturated heterocycles. The number of aromatic nitrogens is 3. The molecular weight excluding hydrogens is 499 g/mol. The topological polar surface area (TPSA) is 102 Å². The minimum Gasteiger partial charge on any atom is -0.494 e. The van der Waals surface area contributed by atoms with Crippen LogP contribution in [0.3, 0.4) is 0 Å². The summed E-state index contributed by atoms with van der Waals surface area (Å²) in [5, 5.41) is 15.2. The van der Waals surface area contributed by atoms with E-state index in [9.17, 15) is 18.0 Å². The summed E-state index contributed by atoms with van der Waals surface area (Å²) in [6, 6.07) is 17.4. The molecule has 0 aliphatic heterocycles. The first-order valence-corrected chi connectivity index (χ1v) is 11.2. The second-order valence-electron chi connectivity index (χ2n) is 8.02. The molecule has 2 N–H and O–H groups in total. The Balaban J connectivity index is 1.73. The van der Waals surface area contributed by atoms with Crippen LogP contribution in [0.15, 0.2) is 90.0 Å². The number of nitrogens with zero attached hydrogens (tertiary/aromatic N) is 3. The molecule has 0 atom stereocenters. The molecule has 0 radical (unpaired) electrons. The Hall–Kier alpha value is -4.93. The lowest BCUT2D eigenvalue weighted by Gasteiger charge is -2.16. The van der Waals surface area contributed by atoms with E-state index >= 15 is 0 Å². The number of anilines is 1. The predicted octanol–water partition coefficient (Wildman–Crippen LogP) is 5.69. The van der Waals surface area contributed by atoms with Gasteiger partial charge in [-0.3, -0.25) is 9.78 Å². The van der Waals surface area contributed by atoms with Crippen LogP contribution in [-0.2, 0) is 0 Å². The Morgan fingerprint density at radius 3 is 2.58 bits per heavy atom. The van der Waals surface area contributed by atoms with Gasteiger partial charge >= 0.3 is 6.36 Å². The summed E-state index contributed by atoms with van der Waals surface area (Å²) in [4.78, 5) is 17.2. The predicted molar refractivity (Wildman–Crippen MR) is 138 cm³/mol. The van der Waals surface area contributed by atoms with Crippen LogP contribution in [-0.4, -0.2) is 33.9 Å². The largest absolute Gasteiger partial charge is 0.573 e. The Morgan fingerprint density at radius 1 is 1.08 bits per heavy atom. The van der Waals surface area contributed by atoms with Gasteiger partial charge in [-0.15, -0.1) is 13.2 Å². The van der Waals surface area contributed by atoms with Crippen LogP contribution in [0.5, 0.6) is 11.5 Å². The molecule has 0 fully saturated rings. The maximum Gasteiger partial charge on any atom is 0.573 e. The highest BCUT2D eigenvalue weighted by atomic mass is 19.4. The fourth-order valence-electron chi connectivity index (χ4n) is 3.59. The summed E-state index contributed by atoms with van der Waals surface area (Å²) in [7, 11) is 1.51. The fourth-order valence-corrected chi connectivity index (χ4v) is 3.59. The standard InChI is InChI=1S/C27H22F3N5O3/c1-17(31)14-22(33-19-6-5-7-20(16-19)38-27(28,29)30)26-24(36)11-13-35(34-26)23-10-9-18(15-25(23)37-2)21-8-3-4-12-32-21/h3-16,31,33H,1-2H3/b22-14-,31-17?. The SMILES string of the molecule is COc1cc(-c2ccccn2)ccc1-n1ccc(=O)c(/C(=C/C(C)=N)Nc2cccc(OC(F)(F)F)c2)n1. The second kappa shape index (κ2) is 11.0. The third-order valence-corrected chi connectivity index (χ3v) is 5.16.